The van der Waals surface area contributed by atoms with Gasteiger partial charge in [-0.25, -0.2) is 0 Å². The molecule has 0 radical (unpaired) electrons. The third-order valence-corrected chi connectivity index (χ3v) is 5.42. The van der Waals surface area contributed by atoms with Gasteiger partial charge in [-0.1, -0.05) is 27.7 Å². The Labute approximate surface area is 102 Å². The summed E-state index contributed by atoms with van der Waals surface area (Å²) in [7, 11) is 1.28. The summed E-state index contributed by atoms with van der Waals surface area (Å²) in [5.74, 6) is 1.38. The highest BCUT2D eigenvalue weighted by Crippen LogP contribution is 2.33. The molecule has 1 aromatic rings. The van der Waals surface area contributed by atoms with Crippen molar-refractivity contribution in [2.24, 2.45) is 13.0 Å². The highest BCUT2D eigenvalue weighted by atomic mass is 79.9. The van der Waals surface area contributed by atoms with Crippen LogP contribution in [0.2, 0.25) is 5.04 Å². The van der Waals surface area contributed by atoms with Gasteiger partial charge in [-0.2, -0.15) is 0 Å². The van der Waals surface area contributed by atoms with Crippen LogP contribution < -0.4 is 4.43 Å². The molecule has 0 amide bonds. The van der Waals surface area contributed by atoms with Crippen LogP contribution >= 0.6 is 15.9 Å². The van der Waals surface area contributed by atoms with E-state index in [1.807, 2.05) is 13.2 Å². The third kappa shape index (κ3) is 3.34. The molecule has 0 fully saturated rings. The first-order chi connectivity index (χ1) is 6.83. The molecule has 1 rings (SSSR count). The Bertz CT molecular complexity index is 336. The van der Waals surface area contributed by atoms with Gasteiger partial charge in [-0.15, -0.1) is 5.10 Å². The molecule has 0 aliphatic carbocycles. The van der Waals surface area contributed by atoms with E-state index in [0.717, 1.165) is 10.4 Å². The average Bonchev–Trinajstić information content (AvgIpc) is 2.41. The lowest BCUT2D eigenvalue weighted by molar-refractivity contribution is 0.420. The molecule has 0 spiro atoms. The number of halogens is 1. The number of hydrogen-bond acceptors (Lipinski definition) is 2. The molecule has 0 bridgehead atoms. The van der Waals surface area contributed by atoms with E-state index < -0.39 is 9.76 Å². The van der Waals surface area contributed by atoms with Gasteiger partial charge < -0.3 is 4.43 Å². The van der Waals surface area contributed by atoms with Crippen LogP contribution in [-0.4, -0.2) is 19.5 Å². The lowest BCUT2D eigenvalue weighted by atomic mass is 9.99. The highest BCUT2D eigenvalue weighted by Gasteiger charge is 2.25. The molecule has 0 N–H and O–H groups in total. The fourth-order valence-electron chi connectivity index (χ4n) is 0.958. The Kier molecular flexibility index (Phi) is 4.00. The Hall–Kier alpha value is -0.293. The predicted octanol–water partition coefficient (Wildman–Crippen LogP) is 2.50. The first-order valence-electron chi connectivity index (χ1n) is 5.15. The lowest BCUT2D eigenvalue weighted by Crippen LogP contribution is -2.24. The van der Waals surface area contributed by atoms with Crippen LogP contribution in [0.3, 0.4) is 0 Å². The first kappa shape index (κ1) is 12.8. The molecular formula is C10H19BrN2OSi. The Balaban J connectivity index is 2.61. The zero-order chi connectivity index (χ0) is 11.6. The standard InChI is InChI=1S/C10H19BrN2OSi/c1-7(2)10(3,4)15-14-9-8(11)6-13(5)12-9/h6-7H,15H2,1-5H3. The molecule has 0 aliphatic rings. The highest BCUT2D eigenvalue weighted by molar-refractivity contribution is 9.10. The van der Waals surface area contributed by atoms with E-state index in [4.69, 9.17) is 4.43 Å². The molecule has 0 saturated heterocycles. The fourth-order valence-corrected chi connectivity index (χ4v) is 2.71. The first-order valence-corrected chi connectivity index (χ1v) is 7.22. The van der Waals surface area contributed by atoms with Gasteiger partial charge in [-0.05, 0) is 26.9 Å². The minimum atomic E-state index is -0.620. The van der Waals surface area contributed by atoms with E-state index >= 15 is 0 Å². The van der Waals surface area contributed by atoms with Crippen LogP contribution in [0.15, 0.2) is 10.7 Å². The van der Waals surface area contributed by atoms with Gasteiger partial charge in [0, 0.05) is 13.2 Å². The summed E-state index contributed by atoms with van der Waals surface area (Å²) >= 11 is 3.44. The summed E-state index contributed by atoms with van der Waals surface area (Å²) in [5, 5.41) is 4.56. The molecule has 0 atom stereocenters. The molecular weight excluding hydrogens is 272 g/mol. The molecule has 0 unspecified atom stereocenters. The summed E-state index contributed by atoms with van der Waals surface area (Å²) in [4.78, 5) is 0. The molecule has 15 heavy (non-hydrogen) atoms. The van der Waals surface area contributed by atoms with Crippen molar-refractivity contribution in [2.75, 3.05) is 0 Å². The van der Waals surface area contributed by atoms with Crippen molar-refractivity contribution in [3.63, 3.8) is 0 Å². The summed E-state index contributed by atoms with van der Waals surface area (Å²) in [6, 6.07) is 0. The summed E-state index contributed by atoms with van der Waals surface area (Å²) in [6.45, 7) is 9.01. The fraction of sp³-hybridized carbons (Fsp3) is 0.700. The SMILES string of the molecule is CC(C)C(C)(C)[SiH2]Oc1nn(C)cc1Br. The van der Waals surface area contributed by atoms with Gasteiger partial charge >= 0.3 is 0 Å². The van der Waals surface area contributed by atoms with E-state index in [1.54, 1.807) is 4.68 Å². The summed E-state index contributed by atoms with van der Waals surface area (Å²) in [5.41, 5.74) is 0. The van der Waals surface area contributed by atoms with Crippen molar-refractivity contribution in [2.45, 2.75) is 32.7 Å². The number of rotatable bonds is 4. The van der Waals surface area contributed by atoms with Crippen LogP contribution in [0.5, 0.6) is 5.88 Å². The molecule has 3 nitrogen and oxygen atoms in total. The topological polar surface area (TPSA) is 27.1 Å². The van der Waals surface area contributed by atoms with E-state index in [9.17, 15) is 0 Å². The minimum Gasteiger partial charge on any atom is -0.534 e. The average molecular weight is 291 g/mol. The maximum absolute atomic E-state index is 5.84. The Morgan fingerprint density at radius 3 is 2.53 bits per heavy atom. The third-order valence-electron chi connectivity index (χ3n) is 2.90. The van der Waals surface area contributed by atoms with Gasteiger partial charge in [0.25, 0.3) is 0 Å². The normalized spacial score (nSPS) is 13.0. The van der Waals surface area contributed by atoms with Crippen molar-refractivity contribution in [1.29, 1.82) is 0 Å². The van der Waals surface area contributed by atoms with Crippen molar-refractivity contribution in [3.05, 3.63) is 10.7 Å². The molecule has 1 aromatic heterocycles. The minimum absolute atomic E-state index is 0.303. The van der Waals surface area contributed by atoms with Crippen LogP contribution in [0.25, 0.3) is 0 Å². The van der Waals surface area contributed by atoms with Crippen molar-refractivity contribution >= 4 is 25.7 Å². The van der Waals surface area contributed by atoms with Gasteiger partial charge in [0.15, 0.2) is 0 Å². The quantitative estimate of drug-likeness (QED) is 0.797. The second kappa shape index (κ2) is 4.70. The van der Waals surface area contributed by atoms with Crippen molar-refractivity contribution < 1.29 is 4.43 Å². The zero-order valence-corrected chi connectivity index (χ0v) is 13.0. The predicted molar refractivity (Wildman–Crippen MR) is 69.0 cm³/mol. The van der Waals surface area contributed by atoms with Crippen molar-refractivity contribution in [3.8, 4) is 5.88 Å². The van der Waals surface area contributed by atoms with E-state index in [-0.39, 0.29) is 0 Å². The van der Waals surface area contributed by atoms with Crippen LogP contribution in [0, 0.1) is 5.92 Å². The molecule has 0 saturated carbocycles. The second-order valence-corrected chi connectivity index (χ2v) is 8.14. The molecule has 1 heterocycles. The van der Waals surface area contributed by atoms with Gasteiger partial charge in [0.1, 0.15) is 0 Å². The molecule has 5 heteroatoms. The monoisotopic (exact) mass is 290 g/mol. The number of hydrogen-bond donors (Lipinski definition) is 0. The lowest BCUT2D eigenvalue weighted by Gasteiger charge is -2.27. The molecule has 0 aliphatic heterocycles. The molecule has 86 valence electrons. The maximum atomic E-state index is 5.84. The molecule has 0 aromatic carbocycles. The number of aromatic nitrogens is 2. The van der Waals surface area contributed by atoms with Crippen LogP contribution in [0.4, 0.5) is 0 Å². The van der Waals surface area contributed by atoms with Gasteiger partial charge in [-0.3, -0.25) is 4.68 Å². The van der Waals surface area contributed by atoms with E-state index in [1.165, 1.54) is 0 Å². The van der Waals surface area contributed by atoms with Crippen LogP contribution in [0.1, 0.15) is 27.7 Å². The largest absolute Gasteiger partial charge is 0.534 e. The summed E-state index contributed by atoms with van der Waals surface area (Å²) < 4.78 is 8.55. The van der Waals surface area contributed by atoms with E-state index in [2.05, 4.69) is 48.7 Å². The zero-order valence-electron chi connectivity index (χ0n) is 10.0. The van der Waals surface area contributed by atoms with Crippen LogP contribution in [-0.2, 0) is 7.05 Å². The van der Waals surface area contributed by atoms with Gasteiger partial charge in [0.2, 0.25) is 15.6 Å². The Morgan fingerprint density at radius 1 is 1.53 bits per heavy atom. The smallest absolute Gasteiger partial charge is 0.233 e. The second-order valence-electron chi connectivity index (χ2n) is 4.89. The number of nitrogens with zero attached hydrogens (tertiary/aromatic N) is 2. The van der Waals surface area contributed by atoms with Crippen molar-refractivity contribution in [1.82, 2.24) is 9.78 Å². The van der Waals surface area contributed by atoms with Gasteiger partial charge in [0.05, 0.1) is 4.47 Å². The summed E-state index contributed by atoms with van der Waals surface area (Å²) in [6.07, 6.45) is 1.91. The Morgan fingerprint density at radius 2 is 2.13 bits per heavy atom. The van der Waals surface area contributed by atoms with E-state index in [0.29, 0.717) is 11.0 Å². The maximum Gasteiger partial charge on any atom is 0.233 e. The number of aryl methyl sites for hydroxylation is 1.